The van der Waals surface area contributed by atoms with Crippen LogP contribution in [0.1, 0.15) is 25.3 Å². The van der Waals surface area contributed by atoms with E-state index in [1.807, 2.05) is 11.8 Å². The standard InChI is InChI=1S/C13H17FN2O2S/c1-9-6-11(12(16(17)18)7-10(9)14)15-8-13(2)4-3-5-19-13/h6-7,15H,3-5,8H2,1-2H3. The predicted molar refractivity (Wildman–Crippen MR) is 76.4 cm³/mol. The molecule has 0 aliphatic carbocycles. The lowest BCUT2D eigenvalue weighted by Gasteiger charge is -2.23. The van der Waals surface area contributed by atoms with Gasteiger partial charge in [0, 0.05) is 11.3 Å². The molecular formula is C13H17FN2O2S. The minimum absolute atomic E-state index is 0.107. The fourth-order valence-corrected chi connectivity index (χ4v) is 3.47. The average Bonchev–Trinajstić information content (AvgIpc) is 2.77. The van der Waals surface area contributed by atoms with Crippen LogP contribution < -0.4 is 5.32 Å². The van der Waals surface area contributed by atoms with Crippen LogP contribution in [0.25, 0.3) is 0 Å². The highest BCUT2D eigenvalue weighted by Crippen LogP contribution is 2.38. The van der Waals surface area contributed by atoms with Crippen molar-refractivity contribution in [1.82, 2.24) is 0 Å². The van der Waals surface area contributed by atoms with Crippen molar-refractivity contribution in [2.24, 2.45) is 0 Å². The minimum atomic E-state index is -0.547. The first-order chi connectivity index (χ1) is 8.91. The lowest BCUT2D eigenvalue weighted by Crippen LogP contribution is -2.27. The fraction of sp³-hybridized carbons (Fsp3) is 0.538. The highest BCUT2D eigenvalue weighted by atomic mass is 32.2. The van der Waals surface area contributed by atoms with E-state index >= 15 is 0 Å². The lowest BCUT2D eigenvalue weighted by molar-refractivity contribution is -0.384. The lowest BCUT2D eigenvalue weighted by atomic mass is 10.1. The van der Waals surface area contributed by atoms with E-state index in [1.165, 1.54) is 12.5 Å². The minimum Gasteiger partial charge on any atom is -0.378 e. The molecule has 1 aromatic rings. The van der Waals surface area contributed by atoms with Gasteiger partial charge in [0.1, 0.15) is 11.5 Å². The van der Waals surface area contributed by atoms with Crippen LogP contribution in [0.2, 0.25) is 0 Å². The van der Waals surface area contributed by atoms with Gasteiger partial charge >= 0.3 is 0 Å². The van der Waals surface area contributed by atoms with E-state index in [9.17, 15) is 14.5 Å². The monoisotopic (exact) mass is 284 g/mol. The summed E-state index contributed by atoms with van der Waals surface area (Å²) >= 11 is 1.88. The van der Waals surface area contributed by atoms with E-state index in [0.29, 0.717) is 17.8 Å². The van der Waals surface area contributed by atoms with Crippen molar-refractivity contribution in [3.05, 3.63) is 33.6 Å². The molecule has 1 heterocycles. The molecule has 1 aliphatic heterocycles. The van der Waals surface area contributed by atoms with Gasteiger partial charge in [0.25, 0.3) is 5.69 Å². The molecule has 1 saturated heterocycles. The van der Waals surface area contributed by atoms with Crippen molar-refractivity contribution in [1.29, 1.82) is 0 Å². The zero-order chi connectivity index (χ0) is 14.0. The molecule has 1 fully saturated rings. The molecule has 1 aromatic carbocycles. The molecule has 0 spiro atoms. The van der Waals surface area contributed by atoms with E-state index in [0.717, 1.165) is 18.2 Å². The zero-order valence-corrected chi connectivity index (χ0v) is 11.8. The number of nitrogens with one attached hydrogen (secondary N) is 1. The summed E-state index contributed by atoms with van der Waals surface area (Å²) in [5.41, 5.74) is 0.615. The molecule has 0 amide bonds. The van der Waals surface area contributed by atoms with Crippen LogP contribution >= 0.6 is 11.8 Å². The third-order valence-corrected chi connectivity index (χ3v) is 4.97. The van der Waals surface area contributed by atoms with Crippen LogP contribution in [0, 0.1) is 22.9 Å². The van der Waals surface area contributed by atoms with E-state index in [-0.39, 0.29) is 10.4 Å². The summed E-state index contributed by atoms with van der Waals surface area (Å²) in [4.78, 5) is 10.4. The van der Waals surface area contributed by atoms with Gasteiger partial charge in [0.2, 0.25) is 0 Å². The summed E-state index contributed by atoms with van der Waals surface area (Å²) in [6.07, 6.45) is 2.27. The molecule has 0 bridgehead atoms. The maximum Gasteiger partial charge on any atom is 0.295 e. The molecule has 1 N–H and O–H groups in total. The van der Waals surface area contributed by atoms with E-state index in [4.69, 9.17) is 0 Å². The third-order valence-electron chi connectivity index (χ3n) is 3.43. The maximum absolute atomic E-state index is 13.4. The summed E-state index contributed by atoms with van der Waals surface area (Å²) in [5, 5.41) is 14.1. The molecule has 0 aromatic heterocycles. The summed E-state index contributed by atoms with van der Waals surface area (Å²) in [6.45, 7) is 4.42. The van der Waals surface area contributed by atoms with Gasteiger partial charge in [-0.2, -0.15) is 11.8 Å². The number of hydrogen-bond donors (Lipinski definition) is 1. The van der Waals surface area contributed by atoms with Crippen molar-refractivity contribution in [3.63, 3.8) is 0 Å². The smallest absolute Gasteiger partial charge is 0.295 e. The maximum atomic E-state index is 13.4. The first-order valence-corrected chi connectivity index (χ1v) is 7.22. The van der Waals surface area contributed by atoms with Gasteiger partial charge in [-0.1, -0.05) is 0 Å². The van der Waals surface area contributed by atoms with Crippen LogP contribution in [-0.4, -0.2) is 22.0 Å². The number of nitrogens with zero attached hydrogens (tertiary/aromatic N) is 1. The van der Waals surface area contributed by atoms with E-state index < -0.39 is 10.7 Å². The van der Waals surface area contributed by atoms with Gasteiger partial charge in [-0.05, 0) is 44.1 Å². The SMILES string of the molecule is Cc1cc(NCC2(C)CCCS2)c([N+](=O)[O-])cc1F. The molecular weight excluding hydrogens is 267 g/mol. The topological polar surface area (TPSA) is 55.2 Å². The Balaban J connectivity index is 2.19. The van der Waals surface area contributed by atoms with Crippen LogP contribution in [0.5, 0.6) is 0 Å². The Labute approximate surface area is 115 Å². The van der Waals surface area contributed by atoms with Crippen molar-refractivity contribution in [2.45, 2.75) is 31.4 Å². The van der Waals surface area contributed by atoms with Gasteiger partial charge < -0.3 is 5.32 Å². The van der Waals surface area contributed by atoms with Gasteiger partial charge in [0.05, 0.1) is 11.0 Å². The molecule has 0 radical (unpaired) electrons. The number of nitro groups is 1. The summed E-state index contributed by atoms with van der Waals surface area (Å²) < 4.78 is 13.5. The van der Waals surface area contributed by atoms with Crippen molar-refractivity contribution in [3.8, 4) is 0 Å². The quantitative estimate of drug-likeness (QED) is 0.676. The number of hydrogen-bond acceptors (Lipinski definition) is 4. The molecule has 1 unspecified atom stereocenters. The largest absolute Gasteiger partial charge is 0.378 e. The Morgan fingerprint density at radius 2 is 2.32 bits per heavy atom. The van der Waals surface area contributed by atoms with Gasteiger partial charge in [0.15, 0.2) is 0 Å². The molecule has 104 valence electrons. The first-order valence-electron chi connectivity index (χ1n) is 6.24. The number of benzene rings is 1. The molecule has 1 atom stereocenters. The van der Waals surface area contributed by atoms with Crippen molar-refractivity contribution >= 4 is 23.1 Å². The number of nitro benzene ring substituents is 1. The normalized spacial score (nSPS) is 22.5. The first kappa shape index (κ1) is 14.1. The molecule has 6 heteroatoms. The molecule has 1 aliphatic rings. The van der Waals surface area contributed by atoms with Gasteiger partial charge in [-0.15, -0.1) is 0 Å². The Hall–Kier alpha value is -1.30. The van der Waals surface area contributed by atoms with E-state index in [1.54, 1.807) is 6.92 Å². The van der Waals surface area contributed by atoms with Crippen LogP contribution in [0.3, 0.4) is 0 Å². The second kappa shape index (κ2) is 5.36. The average molecular weight is 284 g/mol. The van der Waals surface area contributed by atoms with Crippen molar-refractivity contribution in [2.75, 3.05) is 17.6 Å². The highest BCUT2D eigenvalue weighted by molar-refractivity contribution is 8.00. The highest BCUT2D eigenvalue weighted by Gasteiger charge is 2.30. The number of anilines is 1. The Bertz CT molecular complexity index is 502. The molecule has 0 saturated carbocycles. The molecule has 2 rings (SSSR count). The van der Waals surface area contributed by atoms with Gasteiger partial charge in [-0.3, -0.25) is 10.1 Å². The second-order valence-electron chi connectivity index (χ2n) is 5.13. The molecule has 19 heavy (non-hydrogen) atoms. The number of aryl methyl sites for hydroxylation is 1. The van der Waals surface area contributed by atoms with Gasteiger partial charge in [-0.25, -0.2) is 4.39 Å². The Kier molecular flexibility index (Phi) is 3.99. The summed E-state index contributed by atoms with van der Waals surface area (Å²) in [5.74, 6) is 0.585. The van der Waals surface area contributed by atoms with Crippen molar-refractivity contribution < 1.29 is 9.31 Å². The predicted octanol–water partition coefficient (Wildman–Crippen LogP) is 3.74. The van der Waals surface area contributed by atoms with Crippen LogP contribution in [0.15, 0.2) is 12.1 Å². The summed E-state index contributed by atoms with van der Waals surface area (Å²) in [6, 6.07) is 2.50. The number of thioether (sulfide) groups is 1. The number of rotatable bonds is 4. The second-order valence-corrected chi connectivity index (χ2v) is 6.81. The molecule has 4 nitrogen and oxygen atoms in total. The van der Waals surface area contributed by atoms with Crippen LogP contribution in [0.4, 0.5) is 15.8 Å². The third kappa shape index (κ3) is 3.18. The van der Waals surface area contributed by atoms with Crippen LogP contribution in [-0.2, 0) is 0 Å². The fourth-order valence-electron chi connectivity index (χ4n) is 2.22. The number of halogens is 1. The Morgan fingerprint density at radius 1 is 1.58 bits per heavy atom. The zero-order valence-electron chi connectivity index (χ0n) is 11.0. The summed E-state index contributed by atoms with van der Waals surface area (Å²) in [7, 11) is 0. The Morgan fingerprint density at radius 3 is 2.89 bits per heavy atom. The van der Waals surface area contributed by atoms with E-state index in [2.05, 4.69) is 12.2 Å².